The minimum atomic E-state index is -0.421. The zero-order valence-corrected chi connectivity index (χ0v) is 17.1. The molecule has 3 rings (SSSR count). The Morgan fingerprint density at radius 3 is 2.59 bits per heavy atom. The van der Waals surface area contributed by atoms with Crippen LogP contribution in [-0.4, -0.2) is 32.1 Å². The summed E-state index contributed by atoms with van der Waals surface area (Å²) < 4.78 is 2.69. The van der Waals surface area contributed by atoms with Crippen LogP contribution in [-0.2, 0) is 4.79 Å². The number of H-pyrrole nitrogens is 1. The Morgan fingerprint density at radius 2 is 1.93 bits per heavy atom. The van der Waals surface area contributed by atoms with E-state index in [9.17, 15) is 9.59 Å². The van der Waals surface area contributed by atoms with Gasteiger partial charge < -0.3 is 4.98 Å². The van der Waals surface area contributed by atoms with Crippen molar-refractivity contribution in [2.24, 2.45) is 0 Å². The minimum Gasteiger partial charge on any atom is -0.356 e. The van der Waals surface area contributed by atoms with Gasteiger partial charge in [-0.05, 0) is 59.1 Å². The highest BCUT2D eigenvalue weighted by molar-refractivity contribution is 9.10. The number of carbonyl (C=O) groups is 2. The van der Waals surface area contributed by atoms with Gasteiger partial charge in [-0.3, -0.25) is 25.0 Å². The van der Waals surface area contributed by atoms with Gasteiger partial charge in [-0.2, -0.15) is 0 Å². The maximum absolute atomic E-state index is 12.0. The highest BCUT2D eigenvalue weighted by atomic mass is 79.9. The van der Waals surface area contributed by atoms with E-state index in [0.29, 0.717) is 10.9 Å². The summed E-state index contributed by atoms with van der Waals surface area (Å²) in [6, 6.07) is 7.85. The summed E-state index contributed by atoms with van der Waals surface area (Å²) in [5.41, 5.74) is 8.43. The number of benzene rings is 1. The van der Waals surface area contributed by atoms with Crippen LogP contribution in [0.4, 0.5) is 0 Å². The third-order valence-electron chi connectivity index (χ3n) is 3.63. The third-order valence-corrected chi connectivity index (χ3v) is 5.06. The molecular weight excluding hydrogens is 430 g/mol. The van der Waals surface area contributed by atoms with E-state index < -0.39 is 5.91 Å². The molecule has 140 valence electrons. The Bertz CT molecular complexity index is 962. The molecule has 3 aromatic rings. The molecule has 2 amide bonds. The number of nitrogens with one attached hydrogen (secondary N) is 3. The van der Waals surface area contributed by atoms with Crippen molar-refractivity contribution in [1.29, 1.82) is 0 Å². The first-order chi connectivity index (χ1) is 12.9. The van der Waals surface area contributed by atoms with Crippen molar-refractivity contribution in [2.45, 2.75) is 19.0 Å². The molecule has 0 saturated heterocycles. The molecule has 7 nitrogen and oxygen atoms in total. The van der Waals surface area contributed by atoms with Gasteiger partial charge in [0.15, 0.2) is 5.16 Å². The molecule has 0 radical (unpaired) electrons. The molecule has 0 aliphatic rings. The van der Waals surface area contributed by atoms with Gasteiger partial charge in [0.2, 0.25) is 5.91 Å². The lowest BCUT2D eigenvalue weighted by Crippen LogP contribution is -2.42. The van der Waals surface area contributed by atoms with E-state index in [4.69, 9.17) is 0 Å². The Kier molecular flexibility index (Phi) is 6.02. The summed E-state index contributed by atoms with van der Waals surface area (Å²) in [5, 5.41) is 0.703. The number of hydrogen-bond donors (Lipinski definition) is 3. The largest absolute Gasteiger partial charge is 0.356 e. The molecule has 2 aromatic heterocycles. The van der Waals surface area contributed by atoms with Gasteiger partial charge in [-0.15, -0.1) is 0 Å². The van der Waals surface area contributed by atoms with E-state index in [-0.39, 0.29) is 11.7 Å². The van der Waals surface area contributed by atoms with Crippen molar-refractivity contribution < 1.29 is 9.59 Å². The number of carbonyl (C=O) groups excluding carboxylic acids is 2. The predicted molar refractivity (Wildman–Crippen MR) is 108 cm³/mol. The lowest BCUT2D eigenvalue weighted by atomic mass is 10.1. The molecule has 1 aromatic carbocycles. The van der Waals surface area contributed by atoms with Gasteiger partial charge in [-0.1, -0.05) is 17.8 Å². The van der Waals surface area contributed by atoms with Crippen molar-refractivity contribution in [1.82, 2.24) is 25.4 Å². The van der Waals surface area contributed by atoms with Crippen molar-refractivity contribution in [3.63, 3.8) is 0 Å². The number of thioether (sulfide) groups is 1. The molecule has 27 heavy (non-hydrogen) atoms. The maximum atomic E-state index is 12.0. The SMILES string of the molecule is Cc1cc(C)cc(-n2ccnc2SCC(=O)NNC(=O)c2cc(Br)c[nH]2)c1. The van der Waals surface area contributed by atoms with Crippen LogP contribution in [0.2, 0.25) is 0 Å². The van der Waals surface area contributed by atoms with Gasteiger partial charge in [0.05, 0.1) is 5.75 Å². The highest BCUT2D eigenvalue weighted by Gasteiger charge is 2.12. The predicted octanol–water partition coefficient (Wildman–Crippen LogP) is 3.13. The normalized spacial score (nSPS) is 10.6. The van der Waals surface area contributed by atoms with E-state index in [0.717, 1.165) is 21.3 Å². The molecule has 0 aliphatic heterocycles. The smallest absolute Gasteiger partial charge is 0.286 e. The second kappa shape index (κ2) is 8.45. The zero-order valence-electron chi connectivity index (χ0n) is 14.7. The molecular formula is C18H18BrN5O2S. The number of hydrazine groups is 1. The topological polar surface area (TPSA) is 91.8 Å². The Labute approximate surface area is 169 Å². The van der Waals surface area contributed by atoms with Crippen LogP contribution in [0.3, 0.4) is 0 Å². The summed E-state index contributed by atoms with van der Waals surface area (Å²) in [7, 11) is 0. The summed E-state index contributed by atoms with van der Waals surface area (Å²) in [6.07, 6.45) is 5.20. The number of amides is 2. The first-order valence-electron chi connectivity index (χ1n) is 8.10. The fourth-order valence-corrected chi connectivity index (χ4v) is 3.66. The molecule has 9 heteroatoms. The van der Waals surface area contributed by atoms with E-state index in [1.165, 1.54) is 11.8 Å². The van der Waals surface area contributed by atoms with Gasteiger partial charge in [0.1, 0.15) is 5.69 Å². The van der Waals surface area contributed by atoms with Crippen molar-refractivity contribution in [2.75, 3.05) is 5.75 Å². The van der Waals surface area contributed by atoms with E-state index in [1.807, 2.05) is 24.6 Å². The molecule has 0 saturated carbocycles. The number of aryl methyl sites for hydroxylation is 2. The summed E-state index contributed by atoms with van der Waals surface area (Å²) in [6.45, 7) is 4.08. The molecule has 3 N–H and O–H groups in total. The standard InChI is InChI=1S/C18H18BrN5O2S/c1-11-5-12(2)7-14(6-11)24-4-3-20-18(24)27-10-16(25)22-23-17(26)15-8-13(19)9-21-15/h3-9,21H,10H2,1-2H3,(H,22,25)(H,23,26). The fourth-order valence-electron chi connectivity index (χ4n) is 2.54. The molecule has 2 heterocycles. The first kappa shape index (κ1) is 19.2. The number of halogens is 1. The van der Waals surface area contributed by atoms with Crippen LogP contribution < -0.4 is 10.9 Å². The number of hydrogen-bond acceptors (Lipinski definition) is 4. The molecule has 0 atom stereocenters. The lowest BCUT2D eigenvalue weighted by Gasteiger charge is -2.10. The quantitative estimate of drug-likeness (QED) is 0.413. The van der Waals surface area contributed by atoms with Crippen LogP contribution >= 0.6 is 27.7 Å². The van der Waals surface area contributed by atoms with Crippen molar-refractivity contribution >= 4 is 39.5 Å². The summed E-state index contributed by atoms with van der Waals surface area (Å²) in [5.74, 6) is -0.624. The van der Waals surface area contributed by atoms with Crippen LogP contribution in [0.15, 0.2) is 52.5 Å². The average molecular weight is 448 g/mol. The zero-order chi connectivity index (χ0) is 19.4. The minimum absolute atomic E-state index is 0.122. The Balaban J connectivity index is 1.57. The van der Waals surface area contributed by atoms with Gasteiger partial charge in [-0.25, -0.2) is 4.98 Å². The molecule has 0 unspecified atom stereocenters. The monoisotopic (exact) mass is 447 g/mol. The van der Waals surface area contributed by atoms with E-state index in [1.54, 1.807) is 18.5 Å². The number of aromatic amines is 1. The maximum Gasteiger partial charge on any atom is 0.286 e. The van der Waals surface area contributed by atoms with Crippen LogP contribution in [0.25, 0.3) is 5.69 Å². The second-order valence-electron chi connectivity index (χ2n) is 5.95. The van der Waals surface area contributed by atoms with Crippen LogP contribution in [0.5, 0.6) is 0 Å². The van der Waals surface area contributed by atoms with Crippen LogP contribution in [0, 0.1) is 13.8 Å². The van der Waals surface area contributed by atoms with Gasteiger partial charge >= 0.3 is 0 Å². The van der Waals surface area contributed by atoms with E-state index in [2.05, 4.69) is 54.9 Å². The molecule has 0 aliphatic carbocycles. The molecule has 0 bridgehead atoms. The van der Waals surface area contributed by atoms with Crippen molar-refractivity contribution in [3.05, 3.63) is 64.1 Å². The number of nitrogens with zero attached hydrogens (tertiary/aromatic N) is 2. The molecule has 0 spiro atoms. The van der Waals surface area contributed by atoms with Gasteiger partial charge in [0.25, 0.3) is 5.91 Å². The average Bonchev–Trinajstić information content (AvgIpc) is 3.25. The van der Waals surface area contributed by atoms with E-state index >= 15 is 0 Å². The number of imidazole rings is 1. The third kappa shape index (κ3) is 5.01. The summed E-state index contributed by atoms with van der Waals surface area (Å²) >= 11 is 4.54. The van der Waals surface area contributed by atoms with Gasteiger partial charge in [0, 0.05) is 28.8 Å². The highest BCUT2D eigenvalue weighted by Crippen LogP contribution is 2.22. The number of rotatable bonds is 5. The Morgan fingerprint density at radius 1 is 1.19 bits per heavy atom. The summed E-state index contributed by atoms with van der Waals surface area (Å²) in [4.78, 5) is 31.0. The molecule has 0 fully saturated rings. The lowest BCUT2D eigenvalue weighted by molar-refractivity contribution is -0.119. The fraction of sp³-hybridized carbons (Fsp3) is 0.167. The number of aromatic nitrogens is 3. The van der Waals surface area contributed by atoms with Crippen LogP contribution in [0.1, 0.15) is 21.6 Å². The van der Waals surface area contributed by atoms with Crippen molar-refractivity contribution in [3.8, 4) is 5.69 Å². The Hall–Kier alpha value is -2.52. The second-order valence-corrected chi connectivity index (χ2v) is 7.81. The first-order valence-corrected chi connectivity index (χ1v) is 9.88.